The Labute approximate surface area is 118 Å². The number of anilines is 1. The molecule has 0 spiro atoms. The van der Waals surface area contributed by atoms with Crippen LogP contribution in [0.5, 0.6) is 0 Å². The Bertz CT molecular complexity index is 598. The van der Waals surface area contributed by atoms with E-state index in [2.05, 4.69) is 5.32 Å². The fourth-order valence-electron chi connectivity index (χ4n) is 1.27. The second-order valence-corrected chi connectivity index (χ2v) is 8.03. The molecule has 3 N–H and O–H groups in total. The van der Waals surface area contributed by atoms with E-state index >= 15 is 0 Å². The molecule has 0 aliphatic carbocycles. The Morgan fingerprint density at radius 1 is 1.47 bits per heavy atom. The van der Waals surface area contributed by atoms with Crippen molar-refractivity contribution in [3.63, 3.8) is 0 Å². The zero-order valence-corrected chi connectivity index (χ0v) is 12.7. The van der Waals surface area contributed by atoms with Crippen molar-refractivity contribution in [2.24, 2.45) is 5.73 Å². The molecule has 1 aromatic carbocycles. The summed E-state index contributed by atoms with van der Waals surface area (Å²) in [5.41, 5.74) is 6.01. The third-order valence-electron chi connectivity index (χ3n) is 2.96. The number of halogens is 1. The van der Waals surface area contributed by atoms with Crippen LogP contribution in [0.3, 0.4) is 0 Å². The normalized spacial score (nSPS) is 12.2. The molecule has 0 saturated heterocycles. The predicted octanol–water partition coefficient (Wildman–Crippen LogP) is 1.69. The first-order chi connectivity index (χ1) is 8.54. The van der Waals surface area contributed by atoms with Gasteiger partial charge in [-0.2, -0.15) is 0 Å². The molecule has 0 aromatic heterocycles. The van der Waals surface area contributed by atoms with Gasteiger partial charge >= 0.3 is 0 Å². The molecule has 0 amide bonds. The van der Waals surface area contributed by atoms with Gasteiger partial charge in [0.05, 0.1) is 4.75 Å². The van der Waals surface area contributed by atoms with Crippen molar-refractivity contribution < 1.29 is 12.8 Å². The van der Waals surface area contributed by atoms with Crippen molar-refractivity contribution >= 4 is 32.7 Å². The van der Waals surface area contributed by atoms with Crippen molar-refractivity contribution in [3.05, 3.63) is 29.6 Å². The average Bonchev–Trinajstić information content (AvgIpc) is 2.24. The van der Waals surface area contributed by atoms with Gasteiger partial charge in [-0.3, -0.25) is 0 Å². The van der Waals surface area contributed by atoms with Gasteiger partial charge in [-0.15, -0.1) is 0 Å². The summed E-state index contributed by atoms with van der Waals surface area (Å²) in [6.45, 7) is 3.39. The van der Waals surface area contributed by atoms with Crippen LogP contribution in [0.25, 0.3) is 0 Å². The SMILES string of the molecule is CC(C)(CNc1ccc(C(N)=S)c(F)c1)S(C)(=O)=O. The van der Waals surface area contributed by atoms with Gasteiger partial charge in [-0.25, -0.2) is 12.8 Å². The van der Waals surface area contributed by atoms with E-state index in [0.29, 0.717) is 5.69 Å². The summed E-state index contributed by atoms with van der Waals surface area (Å²) < 4.78 is 35.8. The van der Waals surface area contributed by atoms with Crippen LogP contribution in [0.4, 0.5) is 10.1 Å². The fourth-order valence-corrected chi connectivity index (χ4v) is 1.77. The summed E-state index contributed by atoms with van der Waals surface area (Å²) in [5.74, 6) is -0.533. The molecule has 0 heterocycles. The minimum Gasteiger partial charge on any atom is -0.389 e. The Morgan fingerprint density at radius 2 is 2.05 bits per heavy atom. The molecule has 0 fully saturated rings. The molecule has 0 bridgehead atoms. The molecule has 1 aromatic rings. The van der Waals surface area contributed by atoms with E-state index in [1.807, 2.05) is 0 Å². The molecule has 0 aliphatic heterocycles. The molecular formula is C12H17FN2O2S2. The molecule has 106 valence electrons. The second-order valence-electron chi connectivity index (χ2n) is 4.94. The fraction of sp³-hybridized carbons (Fsp3) is 0.417. The maximum atomic E-state index is 13.6. The van der Waals surface area contributed by atoms with Crippen molar-refractivity contribution in [3.8, 4) is 0 Å². The highest BCUT2D eigenvalue weighted by molar-refractivity contribution is 7.92. The number of thiocarbonyl (C=S) groups is 1. The average molecular weight is 304 g/mol. The van der Waals surface area contributed by atoms with E-state index in [-0.39, 0.29) is 17.1 Å². The molecule has 0 saturated carbocycles. The maximum Gasteiger partial charge on any atom is 0.154 e. The van der Waals surface area contributed by atoms with Gasteiger partial charge < -0.3 is 11.1 Å². The third kappa shape index (κ3) is 3.87. The van der Waals surface area contributed by atoms with Gasteiger partial charge in [0, 0.05) is 24.1 Å². The highest BCUT2D eigenvalue weighted by Gasteiger charge is 2.29. The van der Waals surface area contributed by atoms with E-state index in [1.165, 1.54) is 18.4 Å². The third-order valence-corrected chi connectivity index (χ3v) is 5.33. The van der Waals surface area contributed by atoms with Crippen LogP contribution in [0.1, 0.15) is 19.4 Å². The zero-order valence-electron chi connectivity index (χ0n) is 11.0. The van der Waals surface area contributed by atoms with Crippen LogP contribution >= 0.6 is 12.2 Å². The maximum absolute atomic E-state index is 13.6. The Morgan fingerprint density at radius 3 is 2.47 bits per heavy atom. The summed E-state index contributed by atoms with van der Waals surface area (Å²) in [7, 11) is -3.20. The quantitative estimate of drug-likeness (QED) is 0.810. The molecular weight excluding hydrogens is 287 g/mol. The van der Waals surface area contributed by atoms with Gasteiger partial charge in [0.25, 0.3) is 0 Å². The summed E-state index contributed by atoms with van der Waals surface area (Å²) in [6.07, 6.45) is 1.17. The second kappa shape index (κ2) is 5.42. The minimum absolute atomic E-state index is 0.0134. The number of nitrogens with two attached hydrogens (primary N) is 1. The lowest BCUT2D eigenvalue weighted by Crippen LogP contribution is -2.38. The van der Waals surface area contributed by atoms with Crippen LogP contribution in [0.15, 0.2) is 18.2 Å². The Balaban J connectivity index is 2.86. The Kier molecular flexibility index (Phi) is 4.52. The number of hydrogen-bond donors (Lipinski definition) is 2. The highest BCUT2D eigenvalue weighted by atomic mass is 32.2. The van der Waals surface area contributed by atoms with Crippen LogP contribution in [-0.2, 0) is 9.84 Å². The van der Waals surface area contributed by atoms with E-state index < -0.39 is 20.4 Å². The topological polar surface area (TPSA) is 72.2 Å². The molecule has 0 radical (unpaired) electrons. The van der Waals surface area contributed by atoms with Crippen molar-refractivity contribution in [2.45, 2.75) is 18.6 Å². The van der Waals surface area contributed by atoms with E-state index in [4.69, 9.17) is 18.0 Å². The van der Waals surface area contributed by atoms with Crippen LogP contribution in [0.2, 0.25) is 0 Å². The van der Waals surface area contributed by atoms with Crippen molar-refractivity contribution in [1.82, 2.24) is 0 Å². The molecule has 1 rings (SSSR count). The number of benzene rings is 1. The lowest BCUT2D eigenvalue weighted by Gasteiger charge is -2.23. The monoisotopic (exact) mass is 304 g/mol. The number of sulfone groups is 1. The zero-order chi connectivity index (χ0) is 14.8. The summed E-state index contributed by atoms with van der Waals surface area (Å²) in [6, 6.07) is 4.32. The lowest BCUT2D eigenvalue weighted by atomic mass is 10.1. The smallest absolute Gasteiger partial charge is 0.154 e. The summed E-state index contributed by atoms with van der Waals surface area (Å²) >= 11 is 4.70. The van der Waals surface area contributed by atoms with E-state index in [9.17, 15) is 12.8 Å². The van der Waals surface area contributed by atoms with Crippen LogP contribution in [0, 0.1) is 5.82 Å². The first-order valence-corrected chi connectivity index (χ1v) is 7.87. The molecule has 7 heteroatoms. The summed E-state index contributed by atoms with van der Waals surface area (Å²) in [4.78, 5) is -0.0134. The molecule has 0 atom stereocenters. The van der Waals surface area contributed by atoms with Gasteiger partial charge in [0.2, 0.25) is 0 Å². The van der Waals surface area contributed by atoms with Crippen molar-refractivity contribution in [2.75, 3.05) is 18.1 Å². The first kappa shape index (κ1) is 15.8. The van der Waals surface area contributed by atoms with Crippen LogP contribution in [-0.4, -0.2) is 31.0 Å². The lowest BCUT2D eigenvalue weighted by molar-refractivity contribution is 0.560. The number of nitrogens with one attached hydrogen (secondary N) is 1. The minimum atomic E-state index is -3.20. The van der Waals surface area contributed by atoms with Gasteiger partial charge in [-0.05, 0) is 32.0 Å². The van der Waals surface area contributed by atoms with E-state index in [0.717, 1.165) is 0 Å². The Hall–Kier alpha value is -1.21. The predicted molar refractivity (Wildman–Crippen MR) is 79.7 cm³/mol. The van der Waals surface area contributed by atoms with Crippen LogP contribution < -0.4 is 11.1 Å². The van der Waals surface area contributed by atoms with E-state index in [1.54, 1.807) is 19.9 Å². The number of rotatable bonds is 5. The molecule has 19 heavy (non-hydrogen) atoms. The summed E-state index contributed by atoms with van der Waals surface area (Å²) in [5, 5.41) is 2.90. The van der Waals surface area contributed by atoms with Gasteiger partial charge in [-0.1, -0.05) is 12.2 Å². The van der Waals surface area contributed by atoms with Crippen molar-refractivity contribution in [1.29, 1.82) is 0 Å². The molecule has 0 aliphatic rings. The molecule has 4 nitrogen and oxygen atoms in total. The molecule has 0 unspecified atom stereocenters. The number of hydrogen-bond acceptors (Lipinski definition) is 4. The standard InChI is InChI=1S/C12H17FN2O2S2/c1-12(2,19(3,16)17)7-15-8-4-5-9(11(14)18)10(13)6-8/h4-6,15H,7H2,1-3H3,(H2,14,18). The van der Waals surface area contributed by atoms with Gasteiger partial charge in [0.1, 0.15) is 10.8 Å². The first-order valence-electron chi connectivity index (χ1n) is 5.57. The van der Waals surface area contributed by atoms with Gasteiger partial charge in [0.15, 0.2) is 9.84 Å². The highest BCUT2D eigenvalue weighted by Crippen LogP contribution is 2.19. The largest absolute Gasteiger partial charge is 0.389 e.